The second-order valence-corrected chi connectivity index (χ2v) is 12.2. The molecule has 4 aromatic rings. The van der Waals surface area contributed by atoms with Crippen LogP contribution in [0.2, 0.25) is 5.02 Å². The average Bonchev–Trinajstić information content (AvgIpc) is 3.61. The SMILES string of the molecule is O=C(Cn1c2c(c(=O)n3nc(Br)nc13)C1(CCN(C(=O)c3ncccc3O)CC1)C1CC21)Nc1ccc(OC(F)F)cc1Cl. The Kier molecular flexibility index (Phi) is 6.84. The van der Waals surface area contributed by atoms with E-state index in [0.29, 0.717) is 31.5 Å². The minimum atomic E-state index is -3.02. The van der Waals surface area contributed by atoms with E-state index in [1.54, 1.807) is 15.5 Å². The van der Waals surface area contributed by atoms with E-state index < -0.39 is 17.9 Å². The van der Waals surface area contributed by atoms with Crippen molar-refractivity contribution in [1.82, 2.24) is 29.0 Å². The van der Waals surface area contributed by atoms with Gasteiger partial charge in [0.15, 0.2) is 5.69 Å². The number of carbonyl (C=O) groups is 2. The molecule has 3 aliphatic rings. The van der Waals surface area contributed by atoms with Gasteiger partial charge in [0.1, 0.15) is 18.0 Å². The number of nitrogens with one attached hydrogen (secondary N) is 1. The maximum atomic E-state index is 14.0. The summed E-state index contributed by atoms with van der Waals surface area (Å²) < 4.78 is 32.6. The van der Waals surface area contributed by atoms with Crippen molar-refractivity contribution in [1.29, 1.82) is 0 Å². The van der Waals surface area contributed by atoms with Gasteiger partial charge in [0.05, 0.1) is 10.7 Å². The van der Waals surface area contributed by atoms with E-state index in [4.69, 9.17) is 11.6 Å². The molecule has 2 unspecified atom stereocenters. The van der Waals surface area contributed by atoms with Crippen LogP contribution >= 0.6 is 27.5 Å². The van der Waals surface area contributed by atoms with E-state index in [2.05, 4.69) is 41.1 Å². The summed E-state index contributed by atoms with van der Waals surface area (Å²) in [6, 6.07) is 6.77. The lowest BCUT2D eigenvalue weighted by Crippen LogP contribution is -2.48. The Morgan fingerprint density at radius 2 is 2.02 bits per heavy atom. The fourth-order valence-electron chi connectivity index (χ4n) is 6.90. The molecule has 16 heteroatoms. The summed E-state index contributed by atoms with van der Waals surface area (Å²) in [4.78, 5) is 50.5. The van der Waals surface area contributed by atoms with Gasteiger partial charge >= 0.3 is 6.61 Å². The van der Waals surface area contributed by atoms with Crippen molar-refractivity contribution in [3.05, 3.63) is 73.6 Å². The van der Waals surface area contributed by atoms with Crippen molar-refractivity contribution in [3.63, 3.8) is 0 Å². The summed E-state index contributed by atoms with van der Waals surface area (Å²) in [6.45, 7) is -2.51. The molecule has 1 spiro atoms. The number of ether oxygens (including phenoxy) is 1. The van der Waals surface area contributed by atoms with Crippen molar-refractivity contribution in [2.24, 2.45) is 5.92 Å². The van der Waals surface area contributed by atoms with Gasteiger partial charge in [0.2, 0.25) is 16.4 Å². The lowest BCUT2D eigenvalue weighted by Gasteiger charge is -2.41. The van der Waals surface area contributed by atoms with Crippen LogP contribution in [0.3, 0.4) is 0 Å². The zero-order chi connectivity index (χ0) is 30.9. The van der Waals surface area contributed by atoms with Gasteiger partial charge in [-0.3, -0.25) is 14.4 Å². The molecule has 228 valence electrons. The molecule has 2 fully saturated rings. The fourth-order valence-corrected chi connectivity index (χ4v) is 7.43. The van der Waals surface area contributed by atoms with Crippen LogP contribution in [0.4, 0.5) is 14.5 Å². The zero-order valence-electron chi connectivity index (χ0n) is 22.7. The van der Waals surface area contributed by atoms with E-state index in [0.717, 1.165) is 12.1 Å². The van der Waals surface area contributed by atoms with Crippen LogP contribution in [0.5, 0.6) is 11.5 Å². The van der Waals surface area contributed by atoms with E-state index >= 15 is 0 Å². The number of carbonyl (C=O) groups excluding carboxylic acids is 2. The number of halogens is 4. The predicted octanol–water partition coefficient (Wildman–Crippen LogP) is 3.94. The number of amides is 2. The summed E-state index contributed by atoms with van der Waals surface area (Å²) in [5, 5.41) is 17.1. The largest absolute Gasteiger partial charge is 0.505 e. The molecule has 0 bridgehead atoms. The van der Waals surface area contributed by atoms with Crippen LogP contribution in [0.1, 0.15) is 46.9 Å². The molecule has 2 N–H and O–H groups in total. The van der Waals surface area contributed by atoms with Gasteiger partial charge in [0.25, 0.3) is 11.5 Å². The minimum absolute atomic E-state index is 0.0125. The van der Waals surface area contributed by atoms with E-state index in [-0.39, 0.29) is 68.3 Å². The molecule has 12 nitrogen and oxygen atoms in total. The number of alkyl halides is 2. The lowest BCUT2D eigenvalue weighted by atomic mass is 9.71. The predicted molar refractivity (Wildman–Crippen MR) is 155 cm³/mol. The molecule has 1 saturated heterocycles. The van der Waals surface area contributed by atoms with Gasteiger partial charge in [-0.05, 0) is 65.4 Å². The number of piperidine rings is 1. The Hall–Kier alpha value is -4.11. The van der Waals surface area contributed by atoms with Gasteiger partial charge in [0, 0.05) is 47.9 Å². The second-order valence-electron chi connectivity index (χ2n) is 11.1. The Morgan fingerprint density at radius 1 is 1.25 bits per heavy atom. The lowest BCUT2D eigenvalue weighted by molar-refractivity contribution is -0.116. The number of hydrogen-bond donors (Lipinski definition) is 2. The van der Waals surface area contributed by atoms with Crippen molar-refractivity contribution in [2.75, 3.05) is 18.4 Å². The maximum Gasteiger partial charge on any atom is 0.387 e. The van der Waals surface area contributed by atoms with E-state index in [9.17, 15) is 28.3 Å². The van der Waals surface area contributed by atoms with Crippen LogP contribution in [0.25, 0.3) is 5.78 Å². The molecule has 2 aliphatic carbocycles. The second kappa shape index (κ2) is 10.5. The summed E-state index contributed by atoms with van der Waals surface area (Å²) in [6.07, 6.45) is 3.31. The monoisotopic (exact) mass is 689 g/mol. The number of aromatic hydroxyl groups is 1. The highest BCUT2D eigenvalue weighted by Crippen LogP contribution is 2.67. The Labute approximate surface area is 260 Å². The quantitative estimate of drug-likeness (QED) is 0.310. The maximum absolute atomic E-state index is 14.0. The van der Waals surface area contributed by atoms with Crippen molar-refractivity contribution in [2.45, 2.75) is 43.8 Å². The van der Waals surface area contributed by atoms with Gasteiger partial charge in [-0.15, -0.1) is 5.10 Å². The normalized spacial score (nSPS) is 19.7. The van der Waals surface area contributed by atoms with Crippen LogP contribution < -0.4 is 15.6 Å². The van der Waals surface area contributed by atoms with Gasteiger partial charge in [-0.25, -0.2) is 4.98 Å². The van der Waals surface area contributed by atoms with Gasteiger partial charge in [-0.1, -0.05) is 11.6 Å². The van der Waals surface area contributed by atoms with Crippen LogP contribution in [-0.4, -0.2) is 65.7 Å². The molecular formula is C28H23BrClF2N7O5. The highest BCUT2D eigenvalue weighted by molar-refractivity contribution is 9.10. The summed E-state index contributed by atoms with van der Waals surface area (Å²) in [5.74, 6) is -0.801. The third-order valence-corrected chi connectivity index (χ3v) is 9.43. The number of rotatable bonds is 6. The molecule has 1 aromatic carbocycles. The van der Waals surface area contributed by atoms with E-state index in [1.807, 2.05) is 0 Å². The highest BCUT2D eigenvalue weighted by Gasteiger charge is 2.64. The Bertz CT molecular complexity index is 1910. The molecule has 0 radical (unpaired) electrons. The van der Waals surface area contributed by atoms with Crippen LogP contribution in [0.15, 0.2) is 46.1 Å². The van der Waals surface area contributed by atoms with Crippen LogP contribution in [0, 0.1) is 5.92 Å². The first-order valence-corrected chi connectivity index (χ1v) is 14.9. The first-order valence-electron chi connectivity index (χ1n) is 13.7. The molecular weight excluding hydrogens is 668 g/mol. The standard InChI is InChI=1S/C28H23BrClF2N7O5/c29-25-35-27-38(12-19(41)34-17-4-3-13(10-16(17)30)44-26(31)32)22-14-11-15(14)28(20(22)23(42)39(27)36-25)5-8-37(9-6-28)24(43)21-18(40)2-1-7-33-21/h1-4,7,10,14-15,26,40H,5-6,8-9,11-12H2,(H,34,41). The Morgan fingerprint density at radius 3 is 2.73 bits per heavy atom. The number of pyridine rings is 1. The third-order valence-electron chi connectivity index (χ3n) is 8.78. The molecule has 2 atom stereocenters. The first-order chi connectivity index (χ1) is 21.1. The summed E-state index contributed by atoms with van der Waals surface area (Å²) >= 11 is 9.47. The number of benzene rings is 1. The molecule has 44 heavy (non-hydrogen) atoms. The summed E-state index contributed by atoms with van der Waals surface area (Å²) in [7, 11) is 0. The number of anilines is 1. The topological polar surface area (TPSA) is 144 Å². The average molecular weight is 691 g/mol. The summed E-state index contributed by atoms with van der Waals surface area (Å²) in [5.41, 5.74) is 0.670. The molecule has 1 saturated carbocycles. The number of hydrogen-bond acceptors (Lipinski definition) is 8. The van der Waals surface area contributed by atoms with E-state index in [1.165, 1.54) is 35.0 Å². The molecule has 3 aromatic heterocycles. The van der Waals surface area contributed by atoms with Crippen molar-refractivity contribution < 1.29 is 28.2 Å². The van der Waals surface area contributed by atoms with Gasteiger partial charge < -0.3 is 24.6 Å². The Balaban J connectivity index is 1.20. The highest BCUT2D eigenvalue weighted by atomic mass is 79.9. The zero-order valence-corrected chi connectivity index (χ0v) is 25.1. The van der Waals surface area contributed by atoms with Crippen molar-refractivity contribution >= 4 is 50.8 Å². The van der Waals surface area contributed by atoms with Crippen molar-refractivity contribution in [3.8, 4) is 11.5 Å². The smallest absolute Gasteiger partial charge is 0.387 e. The molecule has 2 amide bonds. The number of nitrogens with zero attached hydrogens (tertiary/aromatic N) is 6. The fraction of sp³-hybridized carbons (Fsp3) is 0.357. The number of likely N-dealkylation sites (tertiary alicyclic amines) is 1. The molecule has 4 heterocycles. The molecule has 1 aliphatic heterocycles. The van der Waals surface area contributed by atoms with Crippen LogP contribution in [-0.2, 0) is 16.8 Å². The minimum Gasteiger partial charge on any atom is -0.505 e. The number of fused-ring (bicyclic) bond motifs is 6. The van der Waals surface area contributed by atoms with Gasteiger partial charge in [-0.2, -0.15) is 18.3 Å². The number of aromatic nitrogens is 5. The molecule has 7 rings (SSSR count). The first kappa shape index (κ1) is 28.6. The third kappa shape index (κ3) is 4.60.